The molecule has 0 amide bonds. The molecule has 4 rings (SSSR count). The van der Waals surface area contributed by atoms with Crippen molar-refractivity contribution in [2.45, 2.75) is 6.54 Å². The van der Waals surface area contributed by atoms with Gasteiger partial charge in [0.05, 0.1) is 18.4 Å². The van der Waals surface area contributed by atoms with Crippen molar-refractivity contribution in [2.24, 2.45) is 5.10 Å². The van der Waals surface area contributed by atoms with E-state index < -0.39 is 0 Å². The molecule has 0 bridgehead atoms. The number of hydrazone groups is 1. The van der Waals surface area contributed by atoms with Gasteiger partial charge in [-0.05, 0) is 47.5 Å². The van der Waals surface area contributed by atoms with Crippen molar-refractivity contribution in [1.29, 1.82) is 0 Å². The molecule has 0 saturated heterocycles. The minimum atomic E-state index is 0.718. The molecule has 0 N–H and O–H groups in total. The summed E-state index contributed by atoms with van der Waals surface area (Å²) in [7, 11) is 2.08. The lowest BCUT2D eigenvalue weighted by atomic mass is 10.2. The Morgan fingerprint density at radius 3 is 1.70 bits per heavy atom. The van der Waals surface area contributed by atoms with Crippen LogP contribution < -0.4 is 9.91 Å². The molecule has 0 radical (unpaired) electrons. The largest absolute Gasteiger partial charge is 0.345 e. The Bertz CT molecular complexity index is 1060. The number of anilines is 3. The molecule has 3 nitrogen and oxygen atoms in total. The highest BCUT2D eigenvalue weighted by molar-refractivity contribution is 5.81. The van der Waals surface area contributed by atoms with Crippen LogP contribution in [-0.2, 0) is 6.54 Å². The third kappa shape index (κ3) is 4.95. The van der Waals surface area contributed by atoms with Crippen molar-refractivity contribution < 1.29 is 0 Å². The van der Waals surface area contributed by atoms with Crippen LogP contribution in [0.5, 0.6) is 0 Å². The lowest BCUT2D eigenvalue weighted by molar-refractivity contribution is 0.858. The molecule has 0 atom stereocenters. The van der Waals surface area contributed by atoms with E-state index in [0.717, 1.165) is 29.2 Å². The monoisotopic (exact) mass is 391 g/mol. The normalized spacial score (nSPS) is 10.8. The quantitative estimate of drug-likeness (QED) is 0.265. The first-order valence-electron chi connectivity index (χ1n) is 10.1. The molecule has 0 aliphatic heterocycles. The molecule has 148 valence electrons. The Labute approximate surface area is 178 Å². The van der Waals surface area contributed by atoms with Gasteiger partial charge in [-0.3, -0.25) is 5.01 Å². The van der Waals surface area contributed by atoms with Crippen molar-refractivity contribution in [2.75, 3.05) is 17.0 Å². The van der Waals surface area contributed by atoms with E-state index in [2.05, 4.69) is 96.9 Å². The second-order valence-electron chi connectivity index (χ2n) is 7.11. The zero-order valence-electron chi connectivity index (χ0n) is 17.1. The molecule has 0 aromatic heterocycles. The van der Waals surface area contributed by atoms with Gasteiger partial charge in [-0.15, -0.1) is 0 Å². The molecule has 0 fully saturated rings. The first-order valence-corrected chi connectivity index (χ1v) is 10.1. The smallest absolute Gasteiger partial charge is 0.0666 e. The van der Waals surface area contributed by atoms with E-state index in [1.807, 2.05) is 41.6 Å². The number of nitrogens with zero attached hydrogens (tertiary/aromatic N) is 3. The van der Waals surface area contributed by atoms with E-state index in [1.165, 1.54) is 5.56 Å². The summed E-state index contributed by atoms with van der Waals surface area (Å²) in [4.78, 5) is 2.17. The van der Waals surface area contributed by atoms with E-state index in [9.17, 15) is 0 Å². The maximum absolute atomic E-state index is 4.79. The Hall–Kier alpha value is -3.85. The summed E-state index contributed by atoms with van der Waals surface area (Å²) >= 11 is 0. The second kappa shape index (κ2) is 9.57. The van der Waals surface area contributed by atoms with Gasteiger partial charge in [0, 0.05) is 18.4 Å². The van der Waals surface area contributed by atoms with Gasteiger partial charge < -0.3 is 4.90 Å². The number of para-hydroxylation sites is 2. The van der Waals surface area contributed by atoms with Crippen molar-refractivity contribution in [1.82, 2.24) is 0 Å². The molecular weight excluding hydrogens is 366 g/mol. The third-order valence-electron chi connectivity index (χ3n) is 5.00. The van der Waals surface area contributed by atoms with Crippen LogP contribution in [0.4, 0.5) is 17.1 Å². The van der Waals surface area contributed by atoms with Gasteiger partial charge >= 0.3 is 0 Å². The molecule has 0 aliphatic rings. The fourth-order valence-electron chi connectivity index (χ4n) is 3.28. The molecule has 3 heteroatoms. The predicted octanol–water partition coefficient (Wildman–Crippen LogP) is 6.50. The molecule has 0 aliphatic carbocycles. The van der Waals surface area contributed by atoms with Gasteiger partial charge in [-0.25, -0.2) is 0 Å². The fourth-order valence-corrected chi connectivity index (χ4v) is 3.28. The highest BCUT2D eigenvalue weighted by atomic mass is 15.4. The summed E-state index contributed by atoms with van der Waals surface area (Å²) < 4.78 is 0. The number of rotatable bonds is 7. The van der Waals surface area contributed by atoms with E-state index in [-0.39, 0.29) is 0 Å². The van der Waals surface area contributed by atoms with Gasteiger partial charge in [0.25, 0.3) is 0 Å². The number of hydrogen-bond donors (Lipinski definition) is 0. The van der Waals surface area contributed by atoms with E-state index in [4.69, 9.17) is 5.10 Å². The standard InChI is InChI=1S/C27H25N3/c1-29(25-13-7-3-8-14-25)26-19-17-23(18-20-26)21-28-30(27-15-9-4-10-16-27)22-24-11-5-2-6-12-24/h2-21H,22H2,1H3/b28-21+. The van der Waals surface area contributed by atoms with Crippen molar-refractivity contribution in [3.8, 4) is 0 Å². The van der Waals surface area contributed by atoms with Crippen LogP contribution in [0.1, 0.15) is 11.1 Å². The van der Waals surface area contributed by atoms with Gasteiger partial charge in [0.1, 0.15) is 0 Å². The van der Waals surface area contributed by atoms with Crippen LogP contribution in [0.15, 0.2) is 120 Å². The van der Waals surface area contributed by atoms with Gasteiger partial charge in [-0.1, -0.05) is 78.9 Å². The first-order chi connectivity index (χ1) is 14.8. The first kappa shape index (κ1) is 19.5. The second-order valence-corrected chi connectivity index (χ2v) is 7.11. The minimum Gasteiger partial charge on any atom is -0.345 e. The summed E-state index contributed by atoms with van der Waals surface area (Å²) in [6.45, 7) is 0.718. The van der Waals surface area contributed by atoms with E-state index in [1.54, 1.807) is 0 Å². The maximum atomic E-state index is 4.79. The molecule has 0 unspecified atom stereocenters. The molecule has 0 heterocycles. The molecule has 4 aromatic carbocycles. The third-order valence-corrected chi connectivity index (χ3v) is 5.00. The number of benzene rings is 4. The van der Waals surface area contributed by atoms with E-state index in [0.29, 0.717) is 0 Å². The summed E-state index contributed by atoms with van der Waals surface area (Å²) in [6.07, 6.45) is 1.92. The maximum Gasteiger partial charge on any atom is 0.0666 e. The highest BCUT2D eigenvalue weighted by Crippen LogP contribution is 2.23. The summed E-state index contributed by atoms with van der Waals surface area (Å²) in [6, 6.07) is 39.5. The minimum absolute atomic E-state index is 0.718. The molecule has 4 aromatic rings. The summed E-state index contributed by atoms with van der Waals surface area (Å²) in [5.41, 5.74) is 5.66. The van der Waals surface area contributed by atoms with Crippen LogP contribution in [0.2, 0.25) is 0 Å². The SMILES string of the molecule is CN(c1ccccc1)c1ccc(/C=N/N(Cc2ccccc2)c2ccccc2)cc1. The average Bonchev–Trinajstić information content (AvgIpc) is 2.83. The predicted molar refractivity (Wildman–Crippen MR) is 128 cm³/mol. The Balaban J connectivity index is 1.52. The van der Waals surface area contributed by atoms with Crippen LogP contribution in [-0.4, -0.2) is 13.3 Å². The molecular formula is C27H25N3. The Morgan fingerprint density at radius 2 is 1.10 bits per heavy atom. The Morgan fingerprint density at radius 1 is 0.600 bits per heavy atom. The van der Waals surface area contributed by atoms with Gasteiger partial charge in [-0.2, -0.15) is 5.10 Å². The van der Waals surface area contributed by atoms with Crippen molar-refractivity contribution >= 4 is 23.3 Å². The lowest BCUT2D eigenvalue weighted by Crippen LogP contribution is -2.16. The van der Waals surface area contributed by atoms with Crippen molar-refractivity contribution in [3.05, 3.63) is 126 Å². The van der Waals surface area contributed by atoms with E-state index >= 15 is 0 Å². The molecule has 0 spiro atoms. The van der Waals surface area contributed by atoms with Crippen LogP contribution >= 0.6 is 0 Å². The van der Waals surface area contributed by atoms with Gasteiger partial charge in [0.15, 0.2) is 0 Å². The Kier molecular flexibility index (Phi) is 6.21. The van der Waals surface area contributed by atoms with Gasteiger partial charge in [0.2, 0.25) is 0 Å². The van der Waals surface area contributed by atoms with Crippen molar-refractivity contribution in [3.63, 3.8) is 0 Å². The summed E-state index contributed by atoms with van der Waals surface area (Å²) in [5.74, 6) is 0. The zero-order chi connectivity index (χ0) is 20.6. The lowest BCUT2D eigenvalue weighted by Gasteiger charge is -2.20. The van der Waals surface area contributed by atoms with Crippen LogP contribution in [0.25, 0.3) is 0 Å². The number of hydrogen-bond acceptors (Lipinski definition) is 3. The van der Waals surface area contributed by atoms with Crippen LogP contribution in [0.3, 0.4) is 0 Å². The zero-order valence-corrected chi connectivity index (χ0v) is 17.1. The molecule has 30 heavy (non-hydrogen) atoms. The van der Waals surface area contributed by atoms with Crippen LogP contribution in [0, 0.1) is 0 Å². The molecule has 0 saturated carbocycles. The summed E-state index contributed by atoms with van der Waals surface area (Å²) in [5, 5.41) is 6.81. The topological polar surface area (TPSA) is 18.8 Å². The fraction of sp³-hybridized carbons (Fsp3) is 0.0741. The highest BCUT2D eigenvalue weighted by Gasteiger charge is 2.06. The average molecular weight is 392 g/mol.